The Labute approximate surface area is 145 Å². The molecule has 2 aromatic rings. The van der Waals surface area contributed by atoms with Gasteiger partial charge in [0.25, 0.3) is 0 Å². The lowest BCUT2D eigenvalue weighted by Gasteiger charge is -2.06. The fourth-order valence-corrected chi connectivity index (χ4v) is 2.65. The summed E-state index contributed by atoms with van der Waals surface area (Å²) in [4.78, 5) is 22.0. The maximum atomic E-state index is 11.1. The van der Waals surface area contributed by atoms with E-state index in [4.69, 9.17) is 0 Å². The third-order valence-corrected chi connectivity index (χ3v) is 4.16. The highest BCUT2D eigenvalue weighted by atomic mass is 16.1. The van der Waals surface area contributed by atoms with Crippen LogP contribution >= 0.6 is 0 Å². The number of aryl methyl sites for hydroxylation is 5. The molecular formula is C22H28O2. The van der Waals surface area contributed by atoms with Gasteiger partial charge in [-0.25, -0.2) is 0 Å². The standard InChI is InChI=1S/2C11H14O/c1-7-5-9(3)11(10(4)12)6-8(7)2;1-8-4-5-11(7-10(3)12)9(2)6-8/h5-6H,1-4H3;4-6H,7H2,1-3H3. The van der Waals surface area contributed by atoms with E-state index in [-0.39, 0.29) is 11.6 Å². The molecule has 0 saturated carbocycles. The highest BCUT2D eigenvalue weighted by molar-refractivity contribution is 5.95. The molecule has 2 heteroatoms. The zero-order chi connectivity index (χ0) is 18.4. The molecule has 0 saturated heterocycles. The third-order valence-electron chi connectivity index (χ3n) is 4.16. The largest absolute Gasteiger partial charge is 0.300 e. The molecule has 0 heterocycles. The summed E-state index contributed by atoms with van der Waals surface area (Å²) in [7, 11) is 0. The van der Waals surface area contributed by atoms with Crippen LogP contribution in [0.2, 0.25) is 0 Å². The average molecular weight is 324 g/mol. The first kappa shape index (κ1) is 19.8. The number of benzene rings is 2. The predicted octanol–water partition coefficient (Wildman–Crippen LogP) is 5.25. The van der Waals surface area contributed by atoms with Crippen molar-refractivity contribution in [2.45, 2.75) is 54.9 Å². The van der Waals surface area contributed by atoms with Gasteiger partial charge in [-0.05, 0) is 82.3 Å². The monoisotopic (exact) mass is 324 g/mol. The molecule has 0 fully saturated rings. The zero-order valence-corrected chi connectivity index (χ0v) is 15.9. The summed E-state index contributed by atoms with van der Waals surface area (Å²) in [6.45, 7) is 13.4. The van der Waals surface area contributed by atoms with Crippen LogP contribution in [0.4, 0.5) is 0 Å². The van der Waals surface area contributed by atoms with E-state index in [1.54, 1.807) is 13.8 Å². The molecule has 0 spiro atoms. The highest BCUT2D eigenvalue weighted by Crippen LogP contribution is 2.15. The molecule has 0 atom stereocenters. The topological polar surface area (TPSA) is 34.1 Å². The number of ketones is 2. The molecule has 0 amide bonds. The Bertz CT molecular complexity index is 755. The van der Waals surface area contributed by atoms with Crippen molar-refractivity contribution in [3.8, 4) is 0 Å². The molecule has 0 aliphatic heterocycles. The van der Waals surface area contributed by atoms with Crippen LogP contribution < -0.4 is 0 Å². The lowest BCUT2D eigenvalue weighted by atomic mass is 9.99. The minimum Gasteiger partial charge on any atom is -0.300 e. The fourth-order valence-electron chi connectivity index (χ4n) is 2.65. The van der Waals surface area contributed by atoms with Crippen LogP contribution in [0.5, 0.6) is 0 Å². The Kier molecular flexibility index (Phi) is 7.09. The number of rotatable bonds is 3. The van der Waals surface area contributed by atoms with E-state index in [2.05, 4.69) is 26.0 Å². The van der Waals surface area contributed by atoms with Gasteiger partial charge in [-0.3, -0.25) is 9.59 Å². The molecule has 2 nitrogen and oxygen atoms in total. The Morgan fingerprint density at radius 3 is 1.83 bits per heavy atom. The molecule has 2 rings (SSSR count). The summed E-state index contributed by atoms with van der Waals surface area (Å²) in [6.07, 6.45) is 0.562. The van der Waals surface area contributed by atoms with Crippen LogP contribution in [0.3, 0.4) is 0 Å². The number of hydrogen-bond acceptors (Lipinski definition) is 2. The van der Waals surface area contributed by atoms with Gasteiger partial charge in [0.15, 0.2) is 5.78 Å². The lowest BCUT2D eigenvalue weighted by Crippen LogP contribution is -1.98. The number of carbonyl (C=O) groups is 2. The van der Waals surface area contributed by atoms with Crippen LogP contribution in [0, 0.1) is 34.6 Å². The molecule has 0 aliphatic carbocycles. The van der Waals surface area contributed by atoms with Gasteiger partial charge in [-0.2, -0.15) is 0 Å². The molecule has 0 aromatic heterocycles. The summed E-state index contributed by atoms with van der Waals surface area (Å²) in [5.41, 5.74) is 7.96. The molecule has 0 bridgehead atoms. The Balaban J connectivity index is 0.000000240. The SMILES string of the molecule is CC(=O)Cc1ccc(C)cc1C.CC(=O)c1cc(C)c(C)cc1C. The Morgan fingerprint density at radius 2 is 1.33 bits per heavy atom. The van der Waals surface area contributed by atoms with E-state index < -0.39 is 0 Å². The average Bonchev–Trinajstić information content (AvgIpc) is 2.46. The quantitative estimate of drug-likeness (QED) is 0.723. The molecule has 0 aliphatic rings. The van der Waals surface area contributed by atoms with Crippen LogP contribution in [-0.2, 0) is 11.2 Å². The summed E-state index contributed by atoms with van der Waals surface area (Å²) in [5, 5.41) is 0. The van der Waals surface area contributed by atoms with E-state index in [0.29, 0.717) is 6.42 Å². The third kappa shape index (κ3) is 5.77. The van der Waals surface area contributed by atoms with Gasteiger partial charge in [0.05, 0.1) is 0 Å². The van der Waals surface area contributed by atoms with Crippen molar-refractivity contribution in [3.63, 3.8) is 0 Å². The van der Waals surface area contributed by atoms with Crippen LogP contribution in [0.1, 0.15) is 57.6 Å². The molecular weight excluding hydrogens is 296 g/mol. The van der Waals surface area contributed by atoms with Crippen molar-refractivity contribution in [1.29, 1.82) is 0 Å². The maximum Gasteiger partial charge on any atom is 0.160 e. The summed E-state index contributed by atoms with van der Waals surface area (Å²) in [6, 6.07) is 10.2. The second-order valence-corrected chi connectivity index (χ2v) is 6.62. The Hall–Kier alpha value is -2.22. The smallest absolute Gasteiger partial charge is 0.160 e. The normalized spacial score (nSPS) is 9.96. The van der Waals surface area contributed by atoms with Gasteiger partial charge in [0.1, 0.15) is 5.78 Å². The van der Waals surface area contributed by atoms with Crippen LogP contribution in [0.25, 0.3) is 0 Å². The zero-order valence-electron chi connectivity index (χ0n) is 15.9. The molecule has 2 aromatic carbocycles. The first-order valence-corrected chi connectivity index (χ1v) is 8.26. The Morgan fingerprint density at radius 1 is 0.750 bits per heavy atom. The first-order chi connectivity index (χ1) is 11.1. The second-order valence-electron chi connectivity index (χ2n) is 6.62. The van der Waals surface area contributed by atoms with Gasteiger partial charge in [0, 0.05) is 12.0 Å². The van der Waals surface area contributed by atoms with Crippen molar-refractivity contribution in [2.75, 3.05) is 0 Å². The molecule has 0 N–H and O–H groups in total. The summed E-state index contributed by atoms with van der Waals surface area (Å²) in [5.74, 6) is 0.373. The number of carbonyl (C=O) groups excluding carboxylic acids is 2. The van der Waals surface area contributed by atoms with Crippen LogP contribution in [0.15, 0.2) is 30.3 Å². The summed E-state index contributed by atoms with van der Waals surface area (Å²) < 4.78 is 0. The van der Waals surface area contributed by atoms with Crippen molar-refractivity contribution in [1.82, 2.24) is 0 Å². The maximum absolute atomic E-state index is 11.1. The van der Waals surface area contributed by atoms with E-state index in [9.17, 15) is 9.59 Å². The fraction of sp³-hybridized carbons (Fsp3) is 0.364. The van der Waals surface area contributed by atoms with Crippen LogP contribution in [-0.4, -0.2) is 11.6 Å². The van der Waals surface area contributed by atoms with Gasteiger partial charge in [-0.15, -0.1) is 0 Å². The predicted molar refractivity (Wildman–Crippen MR) is 101 cm³/mol. The first-order valence-electron chi connectivity index (χ1n) is 8.26. The number of hydrogen-bond donors (Lipinski definition) is 0. The lowest BCUT2D eigenvalue weighted by molar-refractivity contribution is -0.116. The second kappa shape index (κ2) is 8.58. The van der Waals surface area contributed by atoms with E-state index in [1.165, 1.54) is 22.3 Å². The van der Waals surface area contributed by atoms with Gasteiger partial charge in [-0.1, -0.05) is 29.8 Å². The van der Waals surface area contributed by atoms with Crippen molar-refractivity contribution in [3.05, 3.63) is 69.3 Å². The van der Waals surface area contributed by atoms with E-state index in [1.807, 2.05) is 39.0 Å². The van der Waals surface area contributed by atoms with E-state index >= 15 is 0 Å². The molecule has 128 valence electrons. The van der Waals surface area contributed by atoms with Gasteiger partial charge in [0.2, 0.25) is 0 Å². The molecule has 0 radical (unpaired) electrons. The van der Waals surface area contributed by atoms with Crippen molar-refractivity contribution in [2.24, 2.45) is 0 Å². The minimum atomic E-state index is 0.149. The van der Waals surface area contributed by atoms with Crippen molar-refractivity contribution < 1.29 is 9.59 Å². The number of Topliss-reactive ketones (excluding diaryl/α,β-unsaturated/α-hetero) is 2. The van der Waals surface area contributed by atoms with E-state index in [0.717, 1.165) is 16.7 Å². The van der Waals surface area contributed by atoms with Gasteiger partial charge < -0.3 is 0 Å². The van der Waals surface area contributed by atoms with Crippen molar-refractivity contribution >= 4 is 11.6 Å². The van der Waals surface area contributed by atoms with Gasteiger partial charge >= 0.3 is 0 Å². The minimum absolute atomic E-state index is 0.149. The summed E-state index contributed by atoms with van der Waals surface area (Å²) >= 11 is 0. The molecule has 0 unspecified atom stereocenters. The highest BCUT2D eigenvalue weighted by Gasteiger charge is 2.05. The molecule has 24 heavy (non-hydrogen) atoms.